The van der Waals surface area contributed by atoms with Gasteiger partial charge in [-0.15, -0.1) is 0 Å². The van der Waals surface area contributed by atoms with Gasteiger partial charge in [-0.25, -0.2) is 4.68 Å². The Kier molecular flexibility index (Phi) is 5.86. The summed E-state index contributed by atoms with van der Waals surface area (Å²) in [5.41, 5.74) is 3.16. The fraction of sp³-hybridized carbons (Fsp3) is 0.0870. The molecule has 2 aromatic heterocycles. The van der Waals surface area contributed by atoms with Crippen LogP contribution in [0.15, 0.2) is 77.4 Å². The molecule has 2 aromatic carbocycles. The van der Waals surface area contributed by atoms with E-state index >= 15 is 0 Å². The maximum absolute atomic E-state index is 12.8. The molecule has 0 bridgehead atoms. The van der Waals surface area contributed by atoms with Gasteiger partial charge in [-0.3, -0.25) is 9.59 Å². The molecule has 0 fully saturated rings. The summed E-state index contributed by atoms with van der Waals surface area (Å²) in [6.45, 7) is 1.73. The number of nitrogens with zero attached hydrogens (tertiary/aromatic N) is 2. The van der Waals surface area contributed by atoms with E-state index in [1.165, 1.54) is 6.92 Å². The van der Waals surface area contributed by atoms with Crippen molar-refractivity contribution in [3.63, 3.8) is 0 Å². The Bertz CT molecular complexity index is 1210. The van der Waals surface area contributed by atoms with E-state index in [-0.39, 0.29) is 24.1 Å². The fourth-order valence-electron chi connectivity index (χ4n) is 3.11. The summed E-state index contributed by atoms with van der Waals surface area (Å²) in [5, 5.41) is 10.7. The third-order valence-corrected chi connectivity index (χ3v) is 4.74. The summed E-state index contributed by atoms with van der Waals surface area (Å²) in [6.07, 6.45) is 1.57. The number of carbonyl (C=O) groups excluding carboxylic acids is 2. The normalized spacial score (nSPS) is 10.6. The minimum Gasteiger partial charge on any atom is -0.463 e. The van der Waals surface area contributed by atoms with E-state index in [0.717, 1.165) is 11.3 Å². The molecule has 0 radical (unpaired) electrons. The number of halogens is 1. The summed E-state index contributed by atoms with van der Waals surface area (Å²) in [4.78, 5) is 24.0. The number of hydrogen-bond acceptors (Lipinski definition) is 4. The predicted molar refractivity (Wildman–Crippen MR) is 118 cm³/mol. The van der Waals surface area contributed by atoms with Crippen LogP contribution in [0.1, 0.15) is 23.0 Å². The summed E-state index contributed by atoms with van der Waals surface area (Å²) < 4.78 is 7.16. The van der Waals surface area contributed by atoms with Crippen molar-refractivity contribution in [2.75, 3.05) is 5.32 Å². The molecule has 0 unspecified atom stereocenters. The fourth-order valence-corrected chi connectivity index (χ4v) is 3.23. The first-order valence-electron chi connectivity index (χ1n) is 9.54. The van der Waals surface area contributed by atoms with E-state index in [9.17, 15) is 9.59 Å². The van der Waals surface area contributed by atoms with Crippen LogP contribution in [0.2, 0.25) is 5.02 Å². The van der Waals surface area contributed by atoms with Crippen molar-refractivity contribution in [1.29, 1.82) is 0 Å². The highest BCUT2D eigenvalue weighted by Crippen LogP contribution is 2.25. The molecule has 0 atom stereocenters. The van der Waals surface area contributed by atoms with Crippen molar-refractivity contribution >= 4 is 29.1 Å². The average Bonchev–Trinajstić information content (AvgIpc) is 3.42. The van der Waals surface area contributed by atoms with E-state index in [4.69, 9.17) is 16.0 Å². The molecule has 2 heterocycles. The van der Waals surface area contributed by atoms with Gasteiger partial charge in [-0.05, 0) is 54.1 Å². The van der Waals surface area contributed by atoms with Crippen molar-refractivity contribution in [3.8, 4) is 17.1 Å². The van der Waals surface area contributed by atoms with Gasteiger partial charge in [-0.1, -0.05) is 23.7 Å². The van der Waals surface area contributed by atoms with Crippen LogP contribution in [0.25, 0.3) is 17.1 Å². The molecule has 4 aromatic rings. The maximum Gasteiger partial charge on any atom is 0.272 e. The lowest BCUT2D eigenvalue weighted by atomic mass is 10.2. The second-order valence-electron chi connectivity index (χ2n) is 6.84. The molecule has 2 N–H and O–H groups in total. The van der Waals surface area contributed by atoms with Crippen LogP contribution in [0.4, 0.5) is 5.69 Å². The summed E-state index contributed by atoms with van der Waals surface area (Å²) in [5.74, 6) is 0.106. The van der Waals surface area contributed by atoms with Crippen LogP contribution < -0.4 is 10.6 Å². The van der Waals surface area contributed by atoms with Gasteiger partial charge in [0.2, 0.25) is 5.91 Å². The van der Waals surface area contributed by atoms with Gasteiger partial charge >= 0.3 is 0 Å². The van der Waals surface area contributed by atoms with Crippen LogP contribution in [0.3, 0.4) is 0 Å². The lowest BCUT2D eigenvalue weighted by molar-refractivity contribution is -0.114. The minimum absolute atomic E-state index is 0.153. The zero-order chi connectivity index (χ0) is 21.8. The number of aromatic nitrogens is 2. The number of carbonyl (C=O) groups is 2. The molecule has 0 aliphatic rings. The molecule has 31 heavy (non-hydrogen) atoms. The first-order chi connectivity index (χ1) is 15.0. The molecule has 156 valence electrons. The average molecular weight is 435 g/mol. The maximum atomic E-state index is 12.8. The first kappa shape index (κ1) is 20.4. The highest BCUT2D eigenvalue weighted by Gasteiger charge is 2.18. The van der Waals surface area contributed by atoms with E-state index < -0.39 is 0 Å². The number of amides is 2. The highest BCUT2D eigenvalue weighted by atomic mass is 35.5. The summed E-state index contributed by atoms with van der Waals surface area (Å²) in [7, 11) is 0. The van der Waals surface area contributed by atoms with Gasteiger partial charge in [0, 0.05) is 30.2 Å². The van der Waals surface area contributed by atoms with E-state index in [2.05, 4.69) is 15.7 Å². The van der Waals surface area contributed by atoms with Crippen molar-refractivity contribution in [2.45, 2.75) is 13.5 Å². The largest absolute Gasteiger partial charge is 0.463 e. The van der Waals surface area contributed by atoms with Crippen LogP contribution in [0.5, 0.6) is 0 Å². The van der Waals surface area contributed by atoms with Crippen molar-refractivity contribution in [3.05, 3.63) is 89.3 Å². The predicted octanol–water partition coefficient (Wildman–Crippen LogP) is 4.67. The van der Waals surface area contributed by atoms with Crippen LogP contribution in [0, 0.1) is 0 Å². The summed E-state index contributed by atoms with van der Waals surface area (Å²) in [6, 6.07) is 19.7. The lowest BCUT2D eigenvalue weighted by Crippen LogP contribution is -2.23. The van der Waals surface area contributed by atoms with Crippen molar-refractivity contribution in [2.24, 2.45) is 0 Å². The smallest absolute Gasteiger partial charge is 0.272 e. The Balaban J connectivity index is 1.57. The number of hydrogen-bond donors (Lipinski definition) is 2. The van der Waals surface area contributed by atoms with E-state index in [1.807, 2.05) is 30.3 Å². The monoisotopic (exact) mass is 434 g/mol. The van der Waals surface area contributed by atoms with Crippen LogP contribution in [-0.2, 0) is 11.3 Å². The number of furan rings is 1. The molecule has 2 amide bonds. The molecule has 0 aliphatic carbocycles. The topological polar surface area (TPSA) is 89.2 Å². The summed E-state index contributed by atoms with van der Waals surface area (Å²) >= 11 is 6.00. The number of rotatable bonds is 6. The molecule has 0 spiro atoms. The zero-order valence-corrected chi connectivity index (χ0v) is 17.4. The van der Waals surface area contributed by atoms with Crippen molar-refractivity contribution in [1.82, 2.24) is 15.1 Å². The molecule has 0 aliphatic heterocycles. The third kappa shape index (κ3) is 4.84. The quantitative estimate of drug-likeness (QED) is 0.461. The van der Waals surface area contributed by atoms with Gasteiger partial charge in [0.15, 0.2) is 11.5 Å². The molecule has 0 saturated carbocycles. The Morgan fingerprint density at radius 1 is 1.06 bits per heavy atom. The van der Waals surface area contributed by atoms with Crippen molar-refractivity contribution < 1.29 is 14.0 Å². The van der Waals surface area contributed by atoms with Gasteiger partial charge < -0.3 is 15.1 Å². The second kappa shape index (κ2) is 8.89. The van der Waals surface area contributed by atoms with E-state index in [0.29, 0.717) is 22.2 Å². The molecule has 4 rings (SSSR count). The second-order valence-corrected chi connectivity index (χ2v) is 7.28. The molecule has 0 saturated heterocycles. The first-order valence-corrected chi connectivity index (χ1v) is 9.92. The van der Waals surface area contributed by atoms with Gasteiger partial charge in [0.05, 0.1) is 12.0 Å². The SMILES string of the molecule is CC(=O)Nc1cccc(CNC(=O)c2cc(-c3ccco3)n(-c3ccc(Cl)cc3)n2)c1. The van der Waals surface area contributed by atoms with Crippen LogP contribution >= 0.6 is 11.6 Å². The van der Waals surface area contributed by atoms with Crippen LogP contribution in [-0.4, -0.2) is 21.6 Å². The van der Waals surface area contributed by atoms with E-state index in [1.54, 1.807) is 47.3 Å². The van der Waals surface area contributed by atoms with Gasteiger partial charge in [-0.2, -0.15) is 5.10 Å². The zero-order valence-electron chi connectivity index (χ0n) is 16.6. The number of benzene rings is 2. The Morgan fingerprint density at radius 3 is 2.58 bits per heavy atom. The highest BCUT2D eigenvalue weighted by molar-refractivity contribution is 6.30. The van der Waals surface area contributed by atoms with Gasteiger partial charge in [0.1, 0.15) is 5.69 Å². The molecular weight excluding hydrogens is 416 g/mol. The molecule has 8 heteroatoms. The third-order valence-electron chi connectivity index (χ3n) is 4.49. The standard InChI is InChI=1S/C23H19ClN4O3/c1-15(29)26-18-5-2-4-16(12-18)14-25-23(30)20-13-21(22-6-3-11-31-22)28(27-20)19-9-7-17(24)8-10-19/h2-13H,14H2,1H3,(H,25,30)(H,26,29). The van der Waals surface area contributed by atoms with Gasteiger partial charge in [0.25, 0.3) is 5.91 Å². The Labute approximate surface area is 183 Å². The molecule has 7 nitrogen and oxygen atoms in total. The molecular formula is C23H19ClN4O3. The minimum atomic E-state index is -0.328. The number of anilines is 1. The Morgan fingerprint density at radius 2 is 1.87 bits per heavy atom. The Hall–Kier alpha value is -3.84. The number of nitrogens with one attached hydrogen (secondary N) is 2. The lowest BCUT2D eigenvalue weighted by Gasteiger charge is -2.07.